The van der Waals surface area contributed by atoms with Gasteiger partial charge in [0.15, 0.2) is 0 Å². The first-order valence-corrected chi connectivity index (χ1v) is 14.3. The van der Waals surface area contributed by atoms with E-state index in [0.29, 0.717) is 22.2 Å². The first-order valence-electron chi connectivity index (χ1n) is 12.7. The number of fused-ring (bicyclic) bond motifs is 1. The van der Waals surface area contributed by atoms with Crippen LogP contribution in [0.2, 0.25) is 0 Å². The van der Waals surface area contributed by atoms with Gasteiger partial charge in [0.2, 0.25) is 0 Å². The quantitative estimate of drug-likeness (QED) is 0.262. The zero-order valence-corrected chi connectivity index (χ0v) is 22.9. The van der Waals surface area contributed by atoms with Crippen LogP contribution in [0.5, 0.6) is 5.75 Å². The van der Waals surface area contributed by atoms with Crippen LogP contribution in [-0.4, -0.2) is 37.5 Å². The third-order valence-corrected chi connectivity index (χ3v) is 8.83. The summed E-state index contributed by atoms with van der Waals surface area (Å²) in [6.07, 6.45) is 5.50. The van der Waals surface area contributed by atoms with Crippen LogP contribution in [0, 0.1) is 0 Å². The molecule has 2 aliphatic carbocycles. The second kappa shape index (κ2) is 11.0. The van der Waals surface area contributed by atoms with Crippen LogP contribution < -0.4 is 26.4 Å². The largest absolute Gasteiger partial charge is 0.494 e. The lowest BCUT2D eigenvalue weighted by atomic mass is 9.95. The summed E-state index contributed by atoms with van der Waals surface area (Å²) in [5.41, 5.74) is 8.85. The second-order valence-electron chi connectivity index (χ2n) is 9.24. The molecule has 2 amide bonds. The molecule has 1 fully saturated rings. The Hall–Kier alpha value is -3.57. The number of benzene rings is 1. The summed E-state index contributed by atoms with van der Waals surface area (Å²) in [5, 5.41) is 10.0. The van der Waals surface area contributed by atoms with Crippen LogP contribution in [0.1, 0.15) is 73.4 Å². The summed E-state index contributed by atoms with van der Waals surface area (Å²) in [4.78, 5) is 40.5. The van der Waals surface area contributed by atoms with Gasteiger partial charge in [-0.2, -0.15) is 0 Å². The SMILES string of the molecule is CCOc1ccc(Nc2sc(C(=O)Nc3sc4c(c3C(=O)OC)CCCC4)c(N)c2C(=O)NC2CC2)cc1. The Morgan fingerprint density at radius 3 is 2.42 bits per heavy atom. The average Bonchev–Trinajstić information content (AvgIpc) is 3.56. The number of hydrogen-bond acceptors (Lipinski definition) is 9. The van der Waals surface area contributed by atoms with Crippen molar-refractivity contribution in [2.45, 2.75) is 51.5 Å². The van der Waals surface area contributed by atoms with Crippen molar-refractivity contribution in [3.05, 3.63) is 50.7 Å². The zero-order valence-electron chi connectivity index (χ0n) is 21.3. The van der Waals surface area contributed by atoms with Gasteiger partial charge < -0.3 is 31.2 Å². The van der Waals surface area contributed by atoms with Crippen LogP contribution in [0.4, 0.5) is 21.4 Å². The summed E-state index contributed by atoms with van der Waals surface area (Å²) < 4.78 is 10.5. The van der Waals surface area contributed by atoms with E-state index in [4.69, 9.17) is 15.2 Å². The van der Waals surface area contributed by atoms with Crippen LogP contribution in [0.25, 0.3) is 0 Å². The molecule has 9 nitrogen and oxygen atoms in total. The first-order chi connectivity index (χ1) is 18.4. The maximum atomic E-state index is 13.5. The van der Waals surface area contributed by atoms with Crippen molar-refractivity contribution in [3.63, 3.8) is 0 Å². The summed E-state index contributed by atoms with van der Waals surface area (Å²) in [5.74, 6) is -0.538. The zero-order chi connectivity index (χ0) is 26.8. The molecule has 2 aliphatic rings. The molecule has 1 aromatic carbocycles. The lowest BCUT2D eigenvalue weighted by molar-refractivity contribution is 0.0600. The monoisotopic (exact) mass is 554 g/mol. The average molecular weight is 555 g/mol. The number of amides is 2. The van der Waals surface area contributed by atoms with E-state index < -0.39 is 11.9 Å². The van der Waals surface area contributed by atoms with Gasteiger partial charge in [-0.25, -0.2) is 4.79 Å². The van der Waals surface area contributed by atoms with Gasteiger partial charge in [-0.15, -0.1) is 22.7 Å². The molecule has 0 atom stereocenters. The topological polar surface area (TPSA) is 132 Å². The van der Waals surface area contributed by atoms with Gasteiger partial charge in [-0.3, -0.25) is 9.59 Å². The highest BCUT2D eigenvalue weighted by Crippen LogP contribution is 2.41. The lowest BCUT2D eigenvalue weighted by Crippen LogP contribution is -2.26. The Balaban J connectivity index is 1.46. The minimum absolute atomic E-state index is 0.0972. The van der Waals surface area contributed by atoms with Crippen LogP contribution >= 0.6 is 22.7 Å². The molecule has 0 spiro atoms. The number of rotatable bonds is 9. The van der Waals surface area contributed by atoms with E-state index in [0.717, 1.165) is 71.7 Å². The number of methoxy groups -OCH3 is 1. The van der Waals surface area contributed by atoms with E-state index in [-0.39, 0.29) is 28.1 Å². The number of nitrogen functional groups attached to an aromatic ring is 1. The smallest absolute Gasteiger partial charge is 0.341 e. The predicted octanol–water partition coefficient (Wildman–Crippen LogP) is 5.34. The normalized spacial score (nSPS) is 14.4. The van der Waals surface area contributed by atoms with Gasteiger partial charge in [0.1, 0.15) is 20.6 Å². The summed E-state index contributed by atoms with van der Waals surface area (Å²) in [7, 11) is 1.34. The van der Waals surface area contributed by atoms with Crippen molar-refractivity contribution in [2.75, 3.05) is 30.1 Å². The number of esters is 1. The van der Waals surface area contributed by atoms with Crippen LogP contribution in [0.3, 0.4) is 0 Å². The Labute approximate surface area is 228 Å². The Bertz CT molecular complexity index is 1370. The number of nitrogens with two attached hydrogens (primary N) is 1. The molecule has 1 saturated carbocycles. The van der Waals surface area contributed by atoms with Gasteiger partial charge in [0.25, 0.3) is 11.8 Å². The molecule has 2 heterocycles. The third kappa shape index (κ3) is 5.34. The fourth-order valence-corrected chi connectivity index (χ4v) is 6.78. The van der Waals surface area contributed by atoms with E-state index in [2.05, 4.69) is 16.0 Å². The number of aryl methyl sites for hydroxylation is 1. The molecule has 2 aromatic heterocycles. The third-order valence-electron chi connectivity index (χ3n) is 6.50. The van der Waals surface area contributed by atoms with Crippen molar-refractivity contribution in [1.29, 1.82) is 0 Å². The molecule has 200 valence electrons. The van der Waals surface area contributed by atoms with Crippen LogP contribution in [0.15, 0.2) is 24.3 Å². The van der Waals surface area contributed by atoms with Gasteiger partial charge in [-0.1, -0.05) is 0 Å². The maximum Gasteiger partial charge on any atom is 0.341 e. The summed E-state index contributed by atoms with van der Waals surface area (Å²) >= 11 is 2.50. The highest BCUT2D eigenvalue weighted by Gasteiger charge is 2.32. The Morgan fingerprint density at radius 1 is 1.00 bits per heavy atom. The van der Waals surface area contributed by atoms with Crippen molar-refractivity contribution >= 4 is 61.8 Å². The number of thiophene rings is 2. The number of carbonyl (C=O) groups excluding carboxylic acids is 3. The molecule has 38 heavy (non-hydrogen) atoms. The molecule has 0 bridgehead atoms. The van der Waals surface area contributed by atoms with E-state index in [1.807, 2.05) is 31.2 Å². The standard InChI is InChI=1S/C27H30N4O5S2/c1-3-36-16-12-10-15(11-13-16)30-26-20(23(32)29-14-8-9-14)21(28)22(38-26)24(33)31-25-19(27(34)35-2)17-6-4-5-7-18(17)37-25/h10-14,30H,3-9,28H2,1-2H3,(H,29,32)(H,31,33). The van der Waals surface area contributed by atoms with Gasteiger partial charge in [-0.05, 0) is 75.3 Å². The van der Waals surface area contributed by atoms with Crippen molar-refractivity contribution in [3.8, 4) is 5.75 Å². The molecular formula is C27H30N4O5S2. The highest BCUT2D eigenvalue weighted by molar-refractivity contribution is 7.19. The maximum absolute atomic E-state index is 13.5. The van der Waals surface area contributed by atoms with Gasteiger partial charge >= 0.3 is 5.97 Å². The summed E-state index contributed by atoms with van der Waals surface area (Å²) in [6.45, 7) is 2.47. The van der Waals surface area contributed by atoms with Crippen molar-refractivity contribution in [1.82, 2.24) is 5.32 Å². The van der Waals surface area contributed by atoms with E-state index >= 15 is 0 Å². The first kappa shape index (κ1) is 26.1. The van der Waals surface area contributed by atoms with E-state index in [1.54, 1.807) is 0 Å². The number of ether oxygens (including phenoxy) is 2. The van der Waals surface area contributed by atoms with Gasteiger partial charge in [0, 0.05) is 16.6 Å². The fourth-order valence-electron chi connectivity index (χ4n) is 4.48. The molecule has 5 N–H and O–H groups in total. The Kier molecular flexibility index (Phi) is 7.57. The van der Waals surface area contributed by atoms with Gasteiger partial charge in [0.05, 0.1) is 30.5 Å². The minimum Gasteiger partial charge on any atom is -0.494 e. The fraction of sp³-hybridized carbons (Fsp3) is 0.370. The molecule has 0 saturated heterocycles. The highest BCUT2D eigenvalue weighted by atomic mass is 32.1. The number of carbonyl (C=O) groups is 3. The number of hydrogen-bond donors (Lipinski definition) is 4. The Morgan fingerprint density at radius 2 is 1.74 bits per heavy atom. The van der Waals surface area contributed by atoms with E-state index in [9.17, 15) is 14.4 Å². The molecule has 0 aliphatic heterocycles. The molecule has 0 radical (unpaired) electrons. The molecule has 3 aromatic rings. The predicted molar refractivity (Wildman–Crippen MR) is 150 cm³/mol. The second-order valence-corrected chi connectivity index (χ2v) is 11.4. The minimum atomic E-state index is -0.475. The molecule has 5 rings (SSSR count). The van der Waals surface area contributed by atoms with Crippen molar-refractivity contribution in [2.24, 2.45) is 0 Å². The molecule has 11 heteroatoms. The number of anilines is 4. The van der Waals surface area contributed by atoms with Crippen LogP contribution in [-0.2, 0) is 17.6 Å². The molecular weight excluding hydrogens is 524 g/mol. The van der Waals surface area contributed by atoms with Crippen molar-refractivity contribution < 1.29 is 23.9 Å². The van der Waals surface area contributed by atoms with E-state index in [1.165, 1.54) is 18.4 Å². The lowest BCUT2D eigenvalue weighted by Gasteiger charge is -2.11. The number of nitrogens with one attached hydrogen (secondary N) is 3. The molecule has 0 unspecified atom stereocenters. The summed E-state index contributed by atoms with van der Waals surface area (Å²) in [6, 6.07) is 7.45.